The summed E-state index contributed by atoms with van der Waals surface area (Å²) in [4.78, 5) is 8.31. The van der Waals surface area contributed by atoms with Gasteiger partial charge >= 0.3 is 0 Å². The maximum Gasteiger partial charge on any atom is 0.194 e. The molecule has 0 bridgehead atoms. The molecule has 0 aromatic carbocycles. The summed E-state index contributed by atoms with van der Waals surface area (Å²) in [5.41, 5.74) is 0. The predicted octanol–water partition coefficient (Wildman–Crippen LogP) is -0.869. The summed E-state index contributed by atoms with van der Waals surface area (Å²) in [6.45, 7) is 0. The fraction of sp³-hybridized carbons (Fsp3) is 1.00. The van der Waals surface area contributed by atoms with E-state index in [1.165, 1.54) is 0 Å². The van der Waals surface area contributed by atoms with E-state index in [1.807, 2.05) is 0 Å². The van der Waals surface area contributed by atoms with Gasteiger partial charge in [-0.25, -0.2) is 0 Å². The average Bonchev–Trinajstić information content (AvgIpc) is 0.811. The molecule has 0 atom stereocenters. The Kier molecular flexibility index (Phi) is 24.4. The van der Waals surface area contributed by atoms with Crippen molar-refractivity contribution in [2.75, 3.05) is 7.05 Å². The van der Waals surface area contributed by atoms with Crippen LogP contribution in [0, 0.1) is 10.1 Å². The minimum Gasteiger partial charge on any atom is -0.265 e. The SMILES string of the molecule is C[N+](=O)[O-].Cl.[AlH3]. The van der Waals surface area contributed by atoms with Crippen LogP contribution in [-0.2, 0) is 0 Å². The van der Waals surface area contributed by atoms with Gasteiger partial charge in [0.15, 0.2) is 24.4 Å². The molecule has 0 aromatic rings. The Hall–Kier alpha value is 0.222. The van der Waals surface area contributed by atoms with Crippen molar-refractivity contribution in [1.82, 2.24) is 0 Å². The third-order valence-corrected chi connectivity index (χ3v) is 0. The third kappa shape index (κ3) is 886. The van der Waals surface area contributed by atoms with E-state index in [4.69, 9.17) is 10.1 Å². The van der Waals surface area contributed by atoms with Crippen LogP contribution < -0.4 is 0 Å². The summed E-state index contributed by atoms with van der Waals surface area (Å²) in [6, 6.07) is 0. The van der Waals surface area contributed by atoms with Crippen LogP contribution in [0.25, 0.3) is 0 Å². The predicted molar refractivity (Wildman–Crippen MR) is 30.1 cm³/mol. The van der Waals surface area contributed by atoms with E-state index in [2.05, 4.69) is 0 Å². The highest BCUT2D eigenvalue weighted by Gasteiger charge is 1.57. The van der Waals surface area contributed by atoms with Crippen LogP contribution in [0.1, 0.15) is 0 Å². The largest absolute Gasteiger partial charge is 0.265 e. The Morgan fingerprint density at radius 3 is 1.67 bits per heavy atom. The molecule has 0 aliphatic rings. The van der Waals surface area contributed by atoms with Gasteiger partial charge in [0.2, 0.25) is 0 Å². The Morgan fingerprint density at radius 2 is 1.67 bits per heavy atom. The van der Waals surface area contributed by atoms with Crippen LogP contribution in [0.3, 0.4) is 0 Å². The van der Waals surface area contributed by atoms with Crippen molar-refractivity contribution < 1.29 is 4.92 Å². The van der Waals surface area contributed by atoms with Gasteiger partial charge in [0.05, 0.1) is 0 Å². The second kappa shape index (κ2) is 8.97. The lowest BCUT2D eigenvalue weighted by atomic mass is 11.5. The normalized spacial score (nSPS) is 4.17. The van der Waals surface area contributed by atoms with Gasteiger partial charge < -0.3 is 0 Å². The second-order valence-electron chi connectivity index (χ2n) is 0.440. The fourth-order valence-corrected chi connectivity index (χ4v) is 0. The lowest BCUT2D eigenvalue weighted by molar-refractivity contribution is -0.445. The molecule has 0 heterocycles. The molecule has 0 saturated carbocycles. The minimum absolute atomic E-state index is 0. The first-order valence-corrected chi connectivity index (χ1v) is 0.812. The number of hydrogen-bond donors (Lipinski definition) is 0. The summed E-state index contributed by atoms with van der Waals surface area (Å²) < 4.78 is 0. The van der Waals surface area contributed by atoms with E-state index < -0.39 is 4.92 Å². The molecule has 0 spiro atoms. The van der Waals surface area contributed by atoms with Gasteiger partial charge in [-0.15, -0.1) is 12.4 Å². The van der Waals surface area contributed by atoms with Crippen molar-refractivity contribution >= 4 is 29.8 Å². The van der Waals surface area contributed by atoms with E-state index in [-0.39, 0.29) is 29.8 Å². The van der Waals surface area contributed by atoms with Crippen LogP contribution >= 0.6 is 12.4 Å². The topological polar surface area (TPSA) is 43.1 Å². The van der Waals surface area contributed by atoms with Crippen molar-refractivity contribution in [2.24, 2.45) is 0 Å². The van der Waals surface area contributed by atoms with Crippen LogP contribution in [0.2, 0.25) is 0 Å². The van der Waals surface area contributed by atoms with Gasteiger partial charge in [-0.05, 0) is 0 Å². The molecular formula is CH7AlClNO2. The summed E-state index contributed by atoms with van der Waals surface area (Å²) in [5, 5.41) is 8.81. The van der Waals surface area contributed by atoms with E-state index in [9.17, 15) is 0 Å². The van der Waals surface area contributed by atoms with Crippen molar-refractivity contribution in [3.8, 4) is 0 Å². The molecule has 0 unspecified atom stereocenters. The number of hydrogen-bond acceptors (Lipinski definition) is 2. The van der Waals surface area contributed by atoms with Crippen LogP contribution in [0.15, 0.2) is 0 Å². The first kappa shape index (κ1) is 16.3. The molecule has 0 N–H and O–H groups in total. The molecule has 5 heteroatoms. The Bertz CT molecular complexity index is 36.5. The Balaban J connectivity index is -0.0000000450. The van der Waals surface area contributed by atoms with Crippen molar-refractivity contribution in [1.29, 1.82) is 0 Å². The Labute approximate surface area is 52.4 Å². The van der Waals surface area contributed by atoms with Gasteiger partial charge in [-0.1, -0.05) is 0 Å². The molecule has 0 fully saturated rings. The maximum atomic E-state index is 8.81. The minimum atomic E-state index is -0.500. The standard InChI is InChI=1S/CH3NO2.Al.ClH.3H/c1-2(3)4;;;;;/h1H3;;1H;;;. The number of nitrogens with zero attached hydrogens (tertiary/aromatic N) is 1. The van der Waals surface area contributed by atoms with Crippen molar-refractivity contribution in [2.45, 2.75) is 0 Å². The number of halogens is 1. The van der Waals surface area contributed by atoms with Crippen molar-refractivity contribution in [3.63, 3.8) is 0 Å². The highest BCUT2D eigenvalue weighted by Crippen LogP contribution is 1.39. The number of nitro groups is 1. The van der Waals surface area contributed by atoms with Crippen LogP contribution in [-0.4, -0.2) is 29.3 Å². The maximum absolute atomic E-state index is 8.81. The molecule has 3 nitrogen and oxygen atoms in total. The average molecular weight is 128 g/mol. The first-order chi connectivity index (χ1) is 1.73. The molecule has 0 aliphatic heterocycles. The lowest BCUT2D eigenvalue weighted by Gasteiger charge is -1.63. The molecule has 0 aromatic heterocycles. The highest BCUT2D eigenvalue weighted by molar-refractivity contribution is 5.85. The van der Waals surface area contributed by atoms with Gasteiger partial charge in [0.1, 0.15) is 0 Å². The molecule has 0 radical (unpaired) electrons. The zero-order chi connectivity index (χ0) is 3.58. The van der Waals surface area contributed by atoms with Gasteiger partial charge in [-0.2, -0.15) is 0 Å². The third-order valence-electron chi connectivity index (χ3n) is 0. The zero-order valence-electron chi connectivity index (χ0n) is 2.67. The molecule has 0 saturated heterocycles. The summed E-state index contributed by atoms with van der Waals surface area (Å²) in [5.74, 6) is 0. The summed E-state index contributed by atoms with van der Waals surface area (Å²) >= 11 is 0. The smallest absolute Gasteiger partial charge is 0.194 e. The zero-order valence-corrected chi connectivity index (χ0v) is 3.49. The fourth-order valence-electron chi connectivity index (χ4n) is 0. The molecule has 0 amide bonds. The van der Waals surface area contributed by atoms with Gasteiger partial charge in [-0.3, -0.25) is 10.1 Å². The molecule has 6 heavy (non-hydrogen) atoms. The van der Waals surface area contributed by atoms with Gasteiger partial charge in [0.25, 0.3) is 0 Å². The first-order valence-electron chi connectivity index (χ1n) is 0.812. The van der Waals surface area contributed by atoms with E-state index in [0.29, 0.717) is 0 Å². The molecule has 0 rings (SSSR count). The van der Waals surface area contributed by atoms with E-state index in [1.54, 1.807) is 0 Å². The van der Waals surface area contributed by atoms with E-state index in [0.717, 1.165) is 7.05 Å². The quantitative estimate of drug-likeness (QED) is 0.241. The highest BCUT2D eigenvalue weighted by atomic mass is 35.5. The summed E-state index contributed by atoms with van der Waals surface area (Å²) in [7, 11) is 0.889. The Morgan fingerprint density at radius 1 is 1.67 bits per heavy atom. The van der Waals surface area contributed by atoms with Gasteiger partial charge in [0, 0.05) is 4.92 Å². The van der Waals surface area contributed by atoms with E-state index >= 15 is 0 Å². The van der Waals surface area contributed by atoms with Crippen molar-refractivity contribution in [3.05, 3.63) is 10.1 Å². The molecular weight excluding hydrogens is 120 g/mol. The lowest BCUT2D eigenvalue weighted by Crippen LogP contribution is -1.79. The summed E-state index contributed by atoms with van der Waals surface area (Å²) in [6.07, 6.45) is 0. The van der Waals surface area contributed by atoms with Crippen LogP contribution in [0.4, 0.5) is 0 Å². The monoisotopic (exact) mass is 127 g/mol. The number of rotatable bonds is 0. The second-order valence-corrected chi connectivity index (χ2v) is 0.440. The van der Waals surface area contributed by atoms with Crippen LogP contribution in [0.5, 0.6) is 0 Å². The molecule has 0 aliphatic carbocycles. The molecule has 38 valence electrons.